The highest BCUT2D eigenvalue weighted by Gasteiger charge is 2.48. The highest BCUT2D eigenvalue weighted by atomic mass is 32.2. The van der Waals surface area contributed by atoms with E-state index in [9.17, 15) is 21.6 Å². The van der Waals surface area contributed by atoms with Crippen LogP contribution in [-0.2, 0) is 35.8 Å². The summed E-state index contributed by atoms with van der Waals surface area (Å²) in [6.07, 6.45) is 2.28. The van der Waals surface area contributed by atoms with E-state index < -0.39 is 15.6 Å². The van der Waals surface area contributed by atoms with Gasteiger partial charge in [-0.05, 0) is 54.0 Å². The lowest BCUT2D eigenvalue weighted by atomic mass is 9.96. The summed E-state index contributed by atoms with van der Waals surface area (Å²) in [5, 5.41) is 0. The molecule has 0 spiro atoms. The molecule has 0 radical (unpaired) electrons. The molecule has 0 amide bonds. The number of hydrogen-bond acceptors (Lipinski definition) is 3. The van der Waals surface area contributed by atoms with Crippen LogP contribution in [0, 0.1) is 0 Å². The number of rotatable bonds is 2. The third-order valence-corrected chi connectivity index (χ3v) is 4.99. The molecule has 4 aliphatic carbocycles. The predicted octanol–water partition coefficient (Wildman–Crippen LogP) is 3.80. The summed E-state index contributed by atoms with van der Waals surface area (Å²) in [5.74, 6) is -0.236. The number of alkyl halides is 3. The second-order valence-corrected chi connectivity index (χ2v) is 7.28. The van der Waals surface area contributed by atoms with Crippen molar-refractivity contribution in [1.29, 1.82) is 0 Å². The van der Waals surface area contributed by atoms with E-state index in [0.717, 1.165) is 16.7 Å². The lowest BCUT2D eigenvalue weighted by Crippen LogP contribution is -2.28. The zero-order valence-electron chi connectivity index (χ0n) is 12.6. The number of benzene rings is 2. The lowest BCUT2D eigenvalue weighted by Gasteiger charge is -2.15. The summed E-state index contributed by atoms with van der Waals surface area (Å²) in [4.78, 5) is 0. The standard InChI is InChI=1S/C17H15F3O3S/c18-17(19,20)24(21,22)23-16-11-14-6-5-12-1-3-13(4-2-12)7-9-15(16)10-8-14/h1-4,8,10-11H,5-7,9H2. The maximum absolute atomic E-state index is 12.6. The van der Waals surface area contributed by atoms with Crippen molar-refractivity contribution in [2.45, 2.75) is 31.2 Å². The van der Waals surface area contributed by atoms with E-state index >= 15 is 0 Å². The van der Waals surface area contributed by atoms with Gasteiger partial charge in [0.1, 0.15) is 5.75 Å². The molecule has 2 aromatic rings. The van der Waals surface area contributed by atoms with Crippen LogP contribution in [0.4, 0.5) is 13.2 Å². The van der Waals surface area contributed by atoms with Crippen LogP contribution in [0.5, 0.6) is 5.75 Å². The lowest BCUT2D eigenvalue weighted by molar-refractivity contribution is -0.0500. The van der Waals surface area contributed by atoms with Crippen molar-refractivity contribution in [3.63, 3.8) is 0 Å². The molecule has 24 heavy (non-hydrogen) atoms. The van der Waals surface area contributed by atoms with Crippen LogP contribution in [0.15, 0.2) is 42.5 Å². The SMILES string of the molecule is O=S(=O)(Oc1cc2ccc1CCc1ccc(cc1)CC2)C(F)(F)F. The van der Waals surface area contributed by atoms with Crippen LogP contribution in [0.3, 0.4) is 0 Å². The highest BCUT2D eigenvalue weighted by molar-refractivity contribution is 7.88. The molecule has 0 heterocycles. The van der Waals surface area contributed by atoms with E-state index in [1.165, 1.54) is 6.07 Å². The maximum atomic E-state index is 12.6. The highest BCUT2D eigenvalue weighted by Crippen LogP contribution is 2.31. The molecule has 3 nitrogen and oxygen atoms in total. The molecule has 0 saturated heterocycles. The quantitative estimate of drug-likeness (QED) is 0.607. The van der Waals surface area contributed by atoms with Crippen molar-refractivity contribution in [1.82, 2.24) is 0 Å². The first-order chi connectivity index (χ1) is 11.2. The molecule has 2 aromatic carbocycles. The zero-order chi connectivity index (χ0) is 17.4. The Morgan fingerprint density at radius 1 is 0.792 bits per heavy atom. The summed E-state index contributed by atoms with van der Waals surface area (Å²) in [6, 6.07) is 12.9. The van der Waals surface area contributed by atoms with E-state index in [4.69, 9.17) is 0 Å². The third kappa shape index (κ3) is 3.56. The van der Waals surface area contributed by atoms with Crippen LogP contribution in [0.25, 0.3) is 0 Å². The fourth-order valence-corrected chi connectivity index (χ4v) is 3.13. The van der Waals surface area contributed by atoms with Gasteiger partial charge in [-0.25, -0.2) is 0 Å². The molecule has 0 N–H and O–H groups in total. The Morgan fingerprint density at radius 2 is 1.29 bits per heavy atom. The number of hydrogen-bond donors (Lipinski definition) is 0. The van der Waals surface area contributed by atoms with Crippen LogP contribution < -0.4 is 4.18 Å². The summed E-state index contributed by atoms with van der Waals surface area (Å²) >= 11 is 0. The van der Waals surface area contributed by atoms with Gasteiger partial charge in [0.05, 0.1) is 0 Å². The fraction of sp³-hybridized carbons (Fsp3) is 0.294. The van der Waals surface area contributed by atoms with Gasteiger partial charge in [0, 0.05) is 0 Å². The molecule has 6 rings (SSSR count). The van der Waals surface area contributed by atoms with Gasteiger partial charge >= 0.3 is 15.6 Å². The van der Waals surface area contributed by atoms with Gasteiger partial charge in [0.25, 0.3) is 0 Å². The minimum absolute atomic E-state index is 0.236. The predicted molar refractivity (Wildman–Crippen MR) is 83.3 cm³/mol. The maximum Gasteiger partial charge on any atom is 0.534 e. The van der Waals surface area contributed by atoms with Crippen molar-refractivity contribution in [3.8, 4) is 5.75 Å². The number of aryl methyl sites for hydroxylation is 4. The molecule has 4 aliphatic rings. The number of halogens is 3. The molecular formula is C17H15F3O3S. The third-order valence-electron chi connectivity index (χ3n) is 4.02. The molecule has 4 bridgehead atoms. The Balaban J connectivity index is 1.97. The largest absolute Gasteiger partial charge is 0.534 e. The van der Waals surface area contributed by atoms with Gasteiger partial charge in [-0.15, -0.1) is 0 Å². The Morgan fingerprint density at radius 3 is 1.88 bits per heavy atom. The molecule has 128 valence electrons. The van der Waals surface area contributed by atoms with Crippen molar-refractivity contribution >= 4 is 10.1 Å². The van der Waals surface area contributed by atoms with Crippen molar-refractivity contribution in [2.75, 3.05) is 0 Å². The summed E-state index contributed by atoms with van der Waals surface area (Å²) < 4.78 is 64.9. The van der Waals surface area contributed by atoms with Gasteiger partial charge in [-0.3, -0.25) is 0 Å². The zero-order valence-corrected chi connectivity index (χ0v) is 13.5. The Kier molecular flexibility index (Phi) is 4.29. The second-order valence-electron chi connectivity index (χ2n) is 5.74. The topological polar surface area (TPSA) is 43.4 Å². The average Bonchev–Trinajstić information content (AvgIpc) is 2.49. The van der Waals surface area contributed by atoms with Gasteiger partial charge in [0.15, 0.2) is 0 Å². The molecular weight excluding hydrogens is 341 g/mol. The van der Waals surface area contributed by atoms with Gasteiger partial charge in [-0.1, -0.05) is 36.4 Å². The Bertz CT molecular complexity index is 840. The van der Waals surface area contributed by atoms with Gasteiger partial charge in [0.2, 0.25) is 0 Å². The normalized spacial score (nSPS) is 15.0. The minimum Gasteiger partial charge on any atom is -0.376 e. The smallest absolute Gasteiger partial charge is 0.376 e. The Hall–Kier alpha value is -2.02. The molecule has 0 aliphatic heterocycles. The molecule has 0 unspecified atom stereocenters. The van der Waals surface area contributed by atoms with E-state index in [-0.39, 0.29) is 5.75 Å². The molecule has 0 atom stereocenters. The molecule has 0 aromatic heterocycles. The van der Waals surface area contributed by atoms with Crippen molar-refractivity contribution in [3.05, 3.63) is 64.7 Å². The summed E-state index contributed by atoms with van der Waals surface area (Å²) in [5.41, 5.74) is -2.12. The summed E-state index contributed by atoms with van der Waals surface area (Å²) in [7, 11) is -5.67. The minimum atomic E-state index is -5.67. The van der Waals surface area contributed by atoms with E-state index in [1.807, 2.05) is 24.3 Å². The van der Waals surface area contributed by atoms with Crippen LogP contribution >= 0.6 is 0 Å². The van der Waals surface area contributed by atoms with Gasteiger partial charge in [-0.2, -0.15) is 21.6 Å². The van der Waals surface area contributed by atoms with E-state index in [0.29, 0.717) is 31.2 Å². The second kappa shape index (κ2) is 6.12. The fourth-order valence-electron chi connectivity index (χ4n) is 2.64. The first-order valence-electron chi connectivity index (χ1n) is 7.45. The van der Waals surface area contributed by atoms with Crippen LogP contribution in [0.2, 0.25) is 0 Å². The van der Waals surface area contributed by atoms with E-state index in [1.54, 1.807) is 12.1 Å². The van der Waals surface area contributed by atoms with E-state index in [2.05, 4.69) is 4.18 Å². The first kappa shape index (κ1) is 16.8. The van der Waals surface area contributed by atoms with Gasteiger partial charge < -0.3 is 4.18 Å². The van der Waals surface area contributed by atoms with Crippen LogP contribution in [-0.4, -0.2) is 13.9 Å². The van der Waals surface area contributed by atoms with Crippen molar-refractivity contribution < 1.29 is 25.8 Å². The molecule has 0 saturated carbocycles. The first-order valence-corrected chi connectivity index (χ1v) is 8.86. The monoisotopic (exact) mass is 356 g/mol. The Labute approximate surface area is 138 Å². The molecule has 7 heteroatoms. The van der Waals surface area contributed by atoms with Crippen LogP contribution in [0.1, 0.15) is 22.3 Å². The average molecular weight is 356 g/mol. The summed E-state index contributed by atoms with van der Waals surface area (Å²) in [6.45, 7) is 0. The van der Waals surface area contributed by atoms with Crippen molar-refractivity contribution in [2.24, 2.45) is 0 Å². The molecule has 0 fully saturated rings.